The summed E-state index contributed by atoms with van der Waals surface area (Å²) in [6.45, 7) is 1.32. The van der Waals surface area contributed by atoms with Gasteiger partial charge >= 0.3 is 6.03 Å². The van der Waals surface area contributed by atoms with Crippen LogP contribution in [0.3, 0.4) is 0 Å². The van der Waals surface area contributed by atoms with Crippen molar-refractivity contribution in [2.24, 2.45) is 0 Å². The highest BCUT2D eigenvalue weighted by Crippen LogP contribution is 2.19. The quantitative estimate of drug-likeness (QED) is 0.758. The van der Waals surface area contributed by atoms with Gasteiger partial charge in [0, 0.05) is 13.1 Å². The topological polar surface area (TPSA) is 50.4 Å². The Kier molecular flexibility index (Phi) is 6.81. The Labute approximate surface area is 132 Å². The van der Waals surface area contributed by atoms with Crippen LogP contribution in [-0.4, -0.2) is 26.2 Å². The van der Waals surface area contributed by atoms with Gasteiger partial charge in [0.2, 0.25) is 0 Å². The molecule has 120 valence electrons. The maximum atomic E-state index is 11.8. The molecule has 2 rings (SSSR count). The molecule has 4 heteroatoms. The van der Waals surface area contributed by atoms with E-state index in [2.05, 4.69) is 16.7 Å². The van der Waals surface area contributed by atoms with Crippen molar-refractivity contribution >= 4 is 6.03 Å². The molecule has 0 heterocycles. The fourth-order valence-corrected chi connectivity index (χ4v) is 2.75. The number of allylic oxidation sites excluding steroid dienone is 1. The first kappa shape index (κ1) is 16.4. The van der Waals surface area contributed by atoms with Crippen molar-refractivity contribution in [1.29, 1.82) is 0 Å². The van der Waals surface area contributed by atoms with Gasteiger partial charge in [-0.15, -0.1) is 0 Å². The highest BCUT2D eigenvalue weighted by molar-refractivity contribution is 5.73. The molecular weight excluding hydrogens is 276 g/mol. The molecule has 4 nitrogen and oxygen atoms in total. The zero-order chi connectivity index (χ0) is 15.6. The highest BCUT2D eigenvalue weighted by Gasteiger charge is 2.05. The van der Waals surface area contributed by atoms with Gasteiger partial charge in [0.05, 0.1) is 7.11 Å². The van der Waals surface area contributed by atoms with Gasteiger partial charge in [0.1, 0.15) is 5.75 Å². The Morgan fingerprint density at radius 2 is 1.91 bits per heavy atom. The molecule has 0 fully saturated rings. The molecule has 0 atom stereocenters. The molecule has 0 saturated heterocycles. The second-order valence-electron chi connectivity index (χ2n) is 5.60. The number of hydrogen-bond acceptors (Lipinski definition) is 2. The summed E-state index contributed by atoms with van der Waals surface area (Å²) in [7, 11) is 1.67. The fraction of sp³-hybridized carbons (Fsp3) is 0.500. The molecule has 0 bridgehead atoms. The van der Waals surface area contributed by atoms with E-state index in [4.69, 9.17) is 4.74 Å². The predicted octanol–water partition coefficient (Wildman–Crippen LogP) is 3.43. The average Bonchev–Trinajstić information content (AvgIpc) is 2.56. The number of ether oxygens (including phenoxy) is 1. The van der Waals surface area contributed by atoms with E-state index in [1.807, 2.05) is 24.3 Å². The number of rotatable bonds is 7. The summed E-state index contributed by atoms with van der Waals surface area (Å²) in [5, 5.41) is 5.82. The molecule has 0 aliphatic heterocycles. The Hall–Kier alpha value is -1.97. The van der Waals surface area contributed by atoms with Crippen molar-refractivity contribution in [3.05, 3.63) is 41.5 Å². The van der Waals surface area contributed by atoms with E-state index >= 15 is 0 Å². The van der Waals surface area contributed by atoms with Crippen molar-refractivity contribution in [3.63, 3.8) is 0 Å². The predicted molar refractivity (Wildman–Crippen MR) is 89.3 cm³/mol. The van der Waals surface area contributed by atoms with Gasteiger partial charge in [-0.25, -0.2) is 4.79 Å². The van der Waals surface area contributed by atoms with Gasteiger partial charge in [-0.3, -0.25) is 0 Å². The van der Waals surface area contributed by atoms with Crippen LogP contribution in [0.4, 0.5) is 4.79 Å². The number of carbonyl (C=O) groups is 1. The first-order chi connectivity index (χ1) is 10.8. The van der Waals surface area contributed by atoms with Crippen LogP contribution in [0.5, 0.6) is 5.75 Å². The number of nitrogens with one attached hydrogen (secondary N) is 2. The molecule has 2 N–H and O–H groups in total. The molecule has 22 heavy (non-hydrogen) atoms. The average molecular weight is 302 g/mol. The van der Waals surface area contributed by atoms with Crippen molar-refractivity contribution in [2.75, 3.05) is 20.2 Å². The zero-order valence-corrected chi connectivity index (χ0v) is 13.4. The van der Waals surface area contributed by atoms with Crippen LogP contribution in [0.1, 0.15) is 37.7 Å². The maximum absolute atomic E-state index is 11.8. The van der Waals surface area contributed by atoms with Crippen molar-refractivity contribution in [3.8, 4) is 5.75 Å². The van der Waals surface area contributed by atoms with Crippen molar-refractivity contribution in [1.82, 2.24) is 10.6 Å². The summed E-state index contributed by atoms with van der Waals surface area (Å²) in [6.07, 6.45) is 9.04. The molecule has 0 saturated carbocycles. The summed E-state index contributed by atoms with van der Waals surface area (Å²) in [5.41, 5.74) is 2.60. The molecule has 2 amide bonds. The number of amides is 2. The van der Waals surface area contributed by atoms with Gasteiger partial charge in [0.25, 0.3) is 0 Å². The van der Waals surface area contributed by atoms with Crippen molar-refractivity contribution in [2.45, 2.75) is 38.5 Å². The summed E-state index contributed by atoms with van der Waals surface area (Å²) in [6, 6.07) is 7.80. The molecule has 0 radical (unpaired) electrons. The van der Waals surface area contributed by atoms with Gasteiger partial charge in [-0.2, -0.15) is 0 Å². The lowest BCUT2D eigenvalue weighted by atomic mass is 9.97. The van der Waals surface area contributed by atoms with Gasteiger partial charge in [0.15, 0.2) is 0 Å². The lowest BCUT2D eigenvalue weighted by Crippen LogP contribution is -2.37. The Balaban J connectivity index is 1.62. The minimum absolute atomic E-state index is 0.0914. The van der Waals surface area contributed by atoms with Crippen LogP contribution in [-0.2, 0) is 6.42 Å². The van der Waals surface area contributed by atoms with E-state index in [1.165, 1.54) is 31.3 Å². The number of benzene rings is 1. The largest absolute Gasteiger partial charge is 0.496 e. The van der Waals surface area contributed by atoms with E-state index < -0.39 is 0 Å². The smallest absolute Gasteiger partial charge is 0.314 e. The maximum Gasteiger partial charge on any atom is 0.314 e. The molecule has 1 aromatic carbocycles. The van der Waals surface area contributed by atoms with Crippen LogP contribution < -0.4 is 15.4 Å². The second-order valence-corrected chi connectivity index (χ2v) is 5.60. The SMILES string of the molecule is COc1ccccc1CCNC(=O)NCCC1=CCCCC1. The number of carbonyl (C=O) groups excluding carboxylic acids is 1. The minimum atomic E-state index is -0.0914. The molecule has 1 aliphatic rings. The Bertz CT molecular complexity index is 512. The third-order valence-electron chi connectivity index (χ3n) is 3.99. The van der Waals surface area contributed by atoms with Gasteiger partial charge < -0.3 is 15.4 Å². The molecule has 0 spiro atoms. The van der Waals surface area contributed by atoms with Crippen LogP contribution >= 0.6 is 0 Å². The first-order valence-electron chi connectivity index (χ1n) is 8.11. The van der Waals surface area contributed by atoms with E-state index in [0.29, 0.717) is 13.1 Å². The molecule has 1 aliphatic carbocycles. The summed E-state index contributed by atoms with van der Waals surface area (Å²) in [5.74, 6) is 0.869. The third kappa shape index (κ3) is 5.43. The number of hydrogen-bond donors (Lipinski definition) is 2. The molecule has 0 unspecified atom stereocenters. The Morgan fingerprint density at radius 1 is 1.14 bits per heavy atom. The van der Waals surface area contributed by atoms with Crippen LogP contribution in [0.15, 0.2) is 35.9 Å². The van der Waals surface area contributed by atoms with E-state index in [9.17, 15) is 4.79 Å². The Morgan fingerprint density at radius 3 is 2.64 bits per heavy atom. The van der Waals surface area contributed by atoms with Crippen LogP contribution in [0.25, 0.3) is 0 Å². The second kappa shape index (κ2) is 9.13. The lowest BCUT2D eigenvalue weighted by Gasteiger charge is -2.13. The van der Waals surface area contributed by atoms with Crippen LogP contribution in [0.2, 0.25) is 0 Å². The summed E-state index contributed by atoms with van der Waals surface area (Å²) < 4.78 is 5.30. The molecule has 1 aromatic rings. The first-order valence-corrected chi connectivity index (χ1v) is 8.11. The zero-order valence-electron chi connectivity index (χ0n) is 13.4. The van der Waals surface area contributed by atoms with E-state index in [-0.39, 0.29) is 6.03 Å². The fourth-order valence-electron chi connectivity index (χ4n) is 2.75. The number of para-hydroxylation sites is 1. The monoisotopic (exact) mass is 302 g/mol. The van der Waals surface area contributed by atoms with Gasteiger partial charge in [-0.1, -0.05) is 29.8 Å². The third-order valence-corrected chi connectivity index (χ3v) is 3.99. The van der Waals surface area contributed by atoms with E-state index in [0.717, 1.165) is 24.2 Å². The number of methoxy groups -OCH3 is 1. The normalized spacial score (nSPS) is 14.1. The lowest BCUT2D eigenvalue weighted by molar-refractivity contribution is 0.241. The summed E-state index contributed by atoms with van der Waals surface area (Å²) in [4.78, 5) is 11.8. The van der Waals surface area contributed by atoms with Gasteiger partial charge in [-0.05, 0) is 50.2 Å². The van der Waals surface area contributed by atoms with Crippen molar-refractivity contribution < 1.29 is 9.53 Å². The van der Waals surface area contributed by atoms with Crippen LogP contribution in [0, 0.1) is 0 Å². The highest BCUT2D eigenvalue weighted by atomic mass is 16.5. The number of urea groups is 1. The van der Waals surface area contributed by atoms with E-state index in [1.54, 1.807) is 7.11 Å². The standard InChI is InChI=1S/C18H26N2O2/c1-22-17-10-6-5-9-16(17)12-14-20-18(21)19-13-11-15-7-3-2-4-8-15/h5-7,9-10H,2-4,8,11-14H2,1H3,(H2,19,20,21). The summed E-state index contributed by atoms with van der Waals surface area (Å²) >= 11 is 0. The molecule has 0 aromatic heterocycles. The molecular formula is C18H26N2O2. The minimum Gasteiger partial charge on any atom is -0.496 e.